The number of nitrogens with zero attached hydrogens (tertiary/aromatic N) is 1. The number of ketones is 1. The molecule has 0 aromatic heterocycles. The molecule has 2 aromatic carbocycles. The maximum absolute atomic E-state index is 12.3. The smallest absolute Gasteiger partial charge is 0.266 e. The normalized spacial score (nSPS) is 12.1. The zero-order valence-corrected chi connectivity index (χ0v) is 13.2. The largest absolute Gasteiger partial charge is 0.294 e. The molecule has 0 heterocycles. The van der Waals surface area contributed by atoms with E-state index in [-0.39, 0.29) is 18.7 Å². The molecule has 0 unspecified atom stereocenters. The van der Waals surface area contributed by atoms with Crippen LogP contribution < -0.4 is 0 Å². The van der Waals surface area contributed by atoms with Crippen molar-refractivity contribution in [1.82, 2.24) is 0 Å². The van der Waals surface area contributed by atoms with Crippen LogP contribution >= 0.6 is 0 Å². The maximum Gasteiger partial charge on any atom is 0.266 e. The van der Waals surface area contributed by atoms with E-state index < -0.39 is 15.9 Å². The van der Waals surface area contributed by atoms with Gasteiger partial charge in [0.1, 0.15) is 0 Å². The van der Waals surface area contributed by atoms with E-state index in [1.54, 1.807) is 24.3 Å². The summed E-state index contributed by atoms with van der Waals surface area (Å²) in [6.07, 6.45) is 0.0690. The van der Waals surface area contributed by atoms with E-state index in [9.17, 15) is 13.2 Å². The van der Waals surface area contributed by atoms with Crippen molar-refractivity contribution >= 4 is 21.6 Å². The van der Waals surface area contributed by atoms with Crippen LogP contribution in [-0.2, 0) is 10.1 Å². The molecule has 0 aliphatic carbocycles. The van der Waals surface area contributed by atoms with Gasteiger partial charge >= 0.3 is 0 Å². The highest BCUT2D eigenvalue weighted by Crippen LogP contribution is 2.10. The monoisotopic (exact) mass is 331 g/mol. The molecule has 23 heavy (non-hydrogen) atoms. The van der Waals surface area contributed by atoms with Crippen molar-refractivity contribution in [2.24, 2.45) is 4.99 Å². The number of Topliss-reactive ketones (excluding diaryl/α,β-unsaturated/α-hetero) is 1. The van der Waals surface area contributed by atoms with E-state index in [1.165, 1.54) is 0 Å². The van der Waals surface area contributed by atoms with Crippen LogP contribution in [0.5, 0.6) is 0 Å². The zero-order valence-electron chi connectivity index (χ0n) is 12.4. The van der Waals surface area contributed by atoms with Gasteiger partial charge in [0.15, 0.2) is 5.78 Å². The number of carbonyl (C=O) groups is 1. The van der Waals surface area contributed by atoms with Gasteiger partial charge in [0.25, 0.3) is 10.1 Å². The predicted octanol–water partition coefficient (Wildman–Crippen LogP) is 2.64. The minimum atomic E-state index is -4.07. The van der Waals surface area contributed by atoms with Crippen LogP contribution in [-0.4, -0.2) is 36.8 Å². The molecule has 2 aromatic rings. The SMILES string of the molecule is O=C(CC(=NCCS(=O)(=O)O)c1ccccc1)c1ccccc1. The number of benzene rings is 2. The Morgan fingerprint density at radius 1 is 0.913 bits per heavy atom. The Hall–Kier alpha value is -2.31. The third-order valence-corrected chi connectivity index (χ3v) is 3.88. The molecule has 0 fully saturated rings. The van der Waals surface area contributed by atoms with E-state index in [4.69, 9.17) is 4.55 Å². The van der Waals surface area contributed by atoms with Crippen molar-refractivity contribution in [3.05, 3.63) is 71.8 Å². The highest BCUT2D eigenvalue weighted by atomic mass is 32.2. The van der Waals surface area contributed by atoms with Crippen molar-refractivity contribution in [2.75, 3.05) is 12.3 Å². The second-order valence-electron chi connectivity index (χ2n) is 4.95. The molecule has 0 spiro atoms. The molecule has 1 N–H and O–H groups in total. The Morgan fingerprint density at radius 3 is 1.96 bits per heavy atom. The number of aliphatic imine (C=N–C) groups is 1. The number of hydrogen-bond donors (Lipinski definition) is 1. The number of rotatable bonds is 7. The van der Waals surface area contributed by atoms with Gasteiger partial charge < -0.3 is 0 Å². The standard InChI is InChI=1S/C17H17NO4S/c19-17(15-9-5-2-6-10-15)13-16(14-7-3-1-4-8-14)18-11-12-23(20,21)22/h1-10H,11-13H2,(H,20,21,22). The summed E-state index contributed by atoms with van der Waals surface area (Å²) in [5, 5.41) is 0. The summed E-state index contributed by atoms with van der Waals surface area (Å²) in [6, 6.07) is 18.0. The van der Waals surface area contributed by atoms with E-state index >= 15 is 0 Å². The molecular formula is C17H17NO4S. The zero-order chi connectivity index (χ0) is 16.7. The van der Waals surface area contributed by atoms with E-state index in [0.717, 1.165) is 5.56 Å². The molecule has 0 atom stereocenters. The van der Waals surface area contributed by atoms with Crippen LogP contribution in [0.4, 0.5) is 0 Å². The molecular weight excluding hydrogens is 314 g/mol. The Labute approximate surface area is 135 Å². The second-order valence-corrected chi connectivity index (χ2v) is 6.52. The molecule has 2 rings (SSSR count). The van der Waals surface area contributed by atoms with Gasteiger partial charge in [0.05, 0.1) is 18.7 Å². The van der Waals surface area contributed by atoms with Gasteiger partial charge in [-0.25, -0.2) is 0 Å². The van der Waals surface area contributed by atoms with Crippen LogP contribution in [0.25, 0.3) is 0 Å². The van der Waals surface area contributed by atoms with Crippen LogP contribution in [0.1, 0.15) is 22.3 Å². The average Bonchev–Trinajstić information content (AvgIpc) is 2.54. The lowest BCUT2D eigenvalue weighted by atomic mass is 10.0. The first-order chi connectivity index (χ1) is 11.0. The Morgan fingerprint density at radius 2 is 1.43 bits per heavy atom. The molecule has 120 valence electrons. The minimum Gasteiger partial charge on any atom is -0.294 e. The highest BCUT2D eigenvalue weighted by Gasteiger charge is 2.12. The van der Waals surface area contributed by atoms with E-state index in [1.807, 2.05) is 36.4 Å². The third-order valence-electron chi connectivity index (χ3n) is 3.18. The second kappa shape index (κ2) is 7.80. The van der Waals surface area contributed by atoms with Crippen molar-refractivity contribution in [1.29, 1.82) is 0 Å². The summed E-state index contributed by atoms with van der Waals surface area (Å²) in [5.41, 5.74) is 1.83. The molecule has 6 heteroatoms. The Kier molecular flexibility index (Phi) is 5.78. The maximum atomic E-state index is 12.3. The Bertz CT molecular complexity index is 784. The van der Waals surface area contributed by atoms with Crippen molar-refractivity contribution in [3.8, 4) is 0 Å². The van der Waals surface area contributed by atoms with Crippen molar-refractivity contribution in [3.63, 3.8) is 0 Å². The van der Waals surface area contributed by atoms with Crippen LogP contribution in [0.2, 0.25) is 0 Å². The van der Waals surface area contributed by atoms with E-state index in [0.29, 0.717) is 11.3 Å². The average molecular weight is 331 g/mol. The summed E-state index contributed by atoms with van der Waals surface area (Å²) < 4.78 is 30.4. The molecule has 0 amide bonds. The minimum absolute atomic E-state index is 0.0690. The summed E-state index contributed by atoms with van der Waals surface area (Å²) in [7, 11) is -4.07. The molecule has 0 saturated heterocycles. The summed E-state index contributed by atoms with van der Waals surface area (Å²) in [5.74, 6) is -0.567. The number of hydrogen-bond acceptors (Lipinski definition) is 4. The van der Waals surface area contributed by atoms with Crippen LogP contribution in [0, 0.1) is 0 Å². The van der Waals surface area contributed by atoms with Crippen molar-refractivity contribution < 1.29 is 17.8 Å². The van der Waals surface area contributed by atoms with Gasteiger partial charge in [-0.1, -0.05) is 60.7 Å². The number of carbonyl (C=O) groups excluding carboxylic acids is 1. The molecule has 5 nitrogen and oxygen atoms in total. The molecule has 0 bridgehead atoms. The first-order valence-electron chi connectivity index (χ1n) is 7.08. The lowest BCUT2D eigenvalue weighted by Gasteiger charge is -2.07. The van der Waals surface area contributed by atoms with Crippen molar-refractivity contribution in [2.45, 2.75) is 6.42 Å². The lowest BCUT2D eigenvalue weighted by molar-refractivity contribution is 0.100. The molecule has 0 saturated carbocycles. The Balaban J connectivity index is 2.20. The topological polar surface area (TPSA) is 83.8 Å². The quantitative estimate of drug-likeness (QED) is 0.480. The molecule has 0 aliphatic rings. The van der Waals surface area contributed by atoms with Gasteiger partial charge in [-0.2, -0.15) is 8.42 Å². The van der Waals surface area contributed by atoms with Gasteiger partial charge in [-0.15, -0.1) is 0 Å². The van der Waals surface area contributed by atoms with Gasteiger partial charge in [0, 0.05) is 11.3 Å². The van der Waals surface area contributed by atoms with Crippen LogP contribution in [0.15, 0.2) is 65.7 Å². The summed E-state index contributed by atoms with van der Waals surface area (Å²) in [6.45, 7) is -0.0921. The third kappa shape index (κ3) is 5.77. The fraction of sp³-hybridized carbons (Fsp3) is 0.176. The lowest BCUT2D eigenvalue weighted by Crippen LogP contribution is -2.13. The predicted molar refractivity (Wildman–Crippen MR) is 89.7 cm³/mol. The van der Waals surface area contributed by atoms with Gasteiger partial charge in [-0.3, -0.25) is 14.3 Å². The summed E-state index contributed by atoms with van der Waals surface area (Å²) in [4.78, 5) is 16.5. The van der Waals surface area contributed by atoms with Crippen LogP contribution in [0.3, 0.4) is 0 Å². The molecule has 0 aliphatic heterocycles. The first-order valence-corrected chi connectivity index (χ1v) is 8.69. The van der Waals surface area contributed by atoms with E-state index in [2.05, 4.69) is 4.99 Å². The fourth-order valence-electron chi connectivity index (χ4n) is 2.05. The highest BCUT2D eigenvalue weighted by molar-refractivity contribution is 7.85. The van der Waals surface area contributed by atoms with Gasteiger partial charge in [-0.05, 0) is 5.56 Å². The van der Waals surface area contributed by atoms with Gasteiger partial charge in [0.2, 0.25) is 0 Å². The summed E-state index contributed by atoms with van der Waals surface area (Å²) >= 11 is 0. The first kappa shape index (κ1) is 17.1. The molecule has 0 radical (unpaired) electrons. The fourth-order valence-corrected chi connectivity index (χ4v) is 2.38.